The molecular formula is C15H11F2N. The smallest absolute Gasteiger partial charge is 0.132 e. The Morgan fingerprint density at radius 3 is 2.56 bits per heavy atom. The van der Waals surface area contributed by atoms with Crippen molar-refractivity contribution in [3.63, 3.8) is 0 Å². The van der Waals surface area contributed by atoms with Gasteiger partial charge in [-0.3, -0.25) is 0 Å². The number of H-pyrrole nitrogens is 1. The number of hydrogen-bond acceptors (Lipinski definition) is 0. The monoisotopic (exact) mass is 243 g/mol. The lowest BCUT2D eigenvalue weighted by Gasteiger charge is -2.01. The van der Waals surface area contributed by atoms with Crippen LogP contribution in [0.2, 0.25) is 0 Å². The predicted molar refractivity (Wildman–Crippen MR) is 68.4 cm³/mol. The summed E-state index contributed by atoms with van der Waals surface area (Å²) in [5.74, 6) is -0.570. The Kier molecular flexibility index (Phi) is 2.40. The summed E-state index contributed by atoms with van der Waals surface area (Å²) >= 11 is 0. The molecule has 1 N–H and O–H groups in total. The first-order valence-corrected chi connectivity index (χ1v) is 5.68. The summed E-state index contributed by atoms with van der Waals surface area (Å²) < 4.78 is 26.9. The van der Waals surface area contributed by atoms with Gasteiger partial charge < -0.3 is 4.98 Å². The maximum absolute atomic E-state index is 13.8. The molecule has 0 fully saturated rings. The fraction of sp³-hybridized carbons (Fsp3) is 0.0667. The second kappa shape index (κ2) is 3.95. The van der Waals surface area contributed by atoms with E-state index in [2.05, 4.69) is 4.98 Å². The molecule has 3 aromatic rings. The van der Waals surface area contributed by atoms with Gasteiger partial charge in [-0.05, 0) is 48.9 Å². The number of fused-ring (bicyclic) bond motifs is 1. The summed E-state index contributed by atoms with van der Waals surface area (Å²) in [4.78, 5) is 3.09. The molecule has 0 saturated carbocycles. The molecule has 1 heterocycles. The van der Waals surface area contributed by atoms with Crippen molar-refractivity contribution in [1.82, 2.24) is 4.98 Å². The van der Waals surface area contributed by atoms with Gasteiger partial charge >= 0.3 is 0 Å². The Bertz CT molecular complexity index is 728. The second-order valence-corrected chi connectivity index (χ2v) is 4.40. The van der Waals surface area contributed by atoms with Crippen LogP contribution in [0.4, 0.5) is 8.78 Å². The summed E-state index contributed by atoms with van der Waals surface area (Å²) in [6, 6.07) is 11.3. The summed E-state index contributed by atoms with van der Waals surface area (Å²) in [6.45, 7) is 1.84. The third-order valence-electron chi connectivity index (χ3n) is 3.00. The Labute approximate surface area is 103 Å². The zero-order chi connectivity index (χ0) is 12.7. The van der Waals surface area contributed by atoms with E-state index in [1.54, 1.807) is 18.2 Å². The molecule has 0 aliphatic carbocycles. The summed E-state index contributed by atoms with van der Waals surface area (Å²) in [5, 5.41) is 0.741. The number of hydrogen-bond donors (Lipinski definition) is 1. The minimum Gasteiger partial charge on any atom is -0.354 e. The molecule has 18 heavy (non-hydrogen) atoms. The van der Waals surface area contributed by atoms with E-state index in [1.807, 2.05) is 13.0 Å². The lowest BCUT2D eigenvalue weighted by Crippen LogP contribution is -1.85. The Morgan fingerprint density at radius 1 is 0.944 bits per heavy atom. The minimum atomic E-state index is -0.294. The zero-order valence-corrected chi connectivity index (χ0v) is 9.80. The molecule has 90 valence electrons. The molecule has 3 rings (SSSR count). The van der Waals surface area contributed by atoms with Crippen LogP contribution in [0.25, 0.3) is 22.2 Å². The Morgan fingerprint density at radius 2 is 1.78 bits per heavy atom. The second-order valence-electron chi connectivity index (χ2n) is 4.40. The van der Waals surface area contributed by atoms with Crippen LogP contribution in [0.15, 0.2) is 42.5 Å². The number of benzene rings is 2. The lowest BCUT2D eigenvalue weighted by molar-refractivity contribution is 0.629. The zero-order valence-electron chi connectivity index (χ0n) is 9.80. The van der Waals surface area contributed by atoms with Crippen LogP contribution >= 0.6 is 0 Å². The van der Waals surface area contributed by atoms with Crippen molar-refractivity contribution in [1.29, 1.82) is 0 Å². The van der Waals surface area contributed by atoms with Gasteiger partial charge in [0.15, 0.2) is 0 Å². The highest BCUT2D eigenvalue weighted by molar-refractivity contribution is 5.86. The third kappa shape index (κ3) is 1.78. The molecule has 0 saturated heterocycles. The van der Waals surface area contributed by atoms with Crippen LogP contribution in [0.1, 0.15) is 5.56 Å². The molecule has 0 unspecified atom stereocenters. The van der Waals surface area contributed by atoms with Crippen molar-refractivity contribution in [3.05, 3.63) is 59.7 Å². The number of aromatic amines is 1. The topological polar surface area (TPSA) is 15.8 Å². The molecule has 0 atom stereocenters. The number of aromatic nitrogens is 1. The van der Waals surface area contributed by atoms with E-state index in [0.717, 1.165) is 16.5 Å². The van der Waals surface area contributed by atoms with Crippen LogP contribution in [0.3, 0.4) is 0 Å². The largest absolute Gasteiger partial charge is 0.354 e. The van der Waals surface area contributed by atoms with Crippen molar-refractivity contribution in [2.45, 2.75) is 6.92 Å². The molecule has 0 spiro atoms. The minimum absolute atomic E-state index is 0.276. The highest BCUT2D eigenvalue weighted by Gasteiger charge is 2.08. The number of halogens is 2. The molecule has 2 aromatic carbocycles. The van der Waals surface area contributed by atoms with Gasteiger partial charge in [-0.1, -0.05) is 6.07 Å². The Hall–Kier alpha value is -2.16. The molecule has 1 nitrogen and oxygen atoms in total. The van der Waals surface area contributed by atoms with Gasteiger partial charge in [-0.15, -0.1) is 0 Å². The van der Waals surface area contributed by atoms with E-state index < -0.39 is 0 Å². The summed E-state index contributed by atoms with van der Waals surface area (Å²) in [6.07, 6.45) is 0. The van der Waals surface area contributed by atoms with E-state index >= 15 is 0 Å². The standard InChI is InChI=1S/C15H11F2N/c1-9-2-4-12(13(17)6-9)15-8-10-7-11(16)3-5-14(10)18-15/h2-8,18H,1H3. The van der Waals surface area contributed by atoms with Crippen molar-refractivity contribution < 1.29 is 8.78 Å². The van der Waals surface area contributed by atoms with Gasteiger partial charge in [0.1, 0.15) is 11.6 Å². The van der Waals surface area contributed by atoms with Crippen LogP contribution in [0.5, 0.6) is 0 Å². The Balaban J connectivity index is 2.19. The van der Waals surface area contributed by atoms with Crippen LogP contribution in [-0.2, 0) is 0 Å². The molecule has 0 radical (unpaired) electrons. The van der Waals surface area contributed by atoms with Gasteiger partial charge in [0, 0.05) is 22.2 Å². The normalized spacial score (nSPS) is 11.1. The lowest BCUT2D eigenvalue weighted by atomic mass is 10.1. The van der Waals surface area contributed by atoms with E-state index in [4.69, 9.17) is 0 Å². The number of nitrogens with one attached hydrogen (secondary N) is 1. The molecular weight excluding hydrogens is 232 g/mol. The fourth-order valence-corrected chi connectivity index (χ4v) is 2.09. The SMILES string of the molecule is Cc1ccc(-c2cc3cc(F)ccc3[nH]2)c(F)c1. The molecule has 0 bridgehead atoms. The molecule has 0 aliphatic rings. The third-order valence-corrected chi connectivity index (χ3v) is 3.00. The molecule has 0 aliphatic heterocycles. The molecule has 0 amide bonds. The van der Waals surface area contributed by atoms with Gasteiger partial charge in [0.2, 0.25) is 0 Å². The van der Waals surface area contributed by atoms with E-state index in [1.165, 1.54) is 18.2 Å². The van der Waals surface area contributed by atoms with Crippen molar-refractivity contribution in [3.8, 4) is 11.3 Å². The average Bonchev–Trinajstić information content (AvgIpc) is 2.71. The van der Waals surface area contributed by atoms with Crippen LogP contribution in [0, 0.1) is 18.6 Å². The first-order chi connectivity index (χ1) is 8.63. The van der Waals surface area contributed by atoms with Gasteiger partial charge in [0.05, 0.1) is 0 Å². The van der Waals surface area contributed by atoms with Gasteiger partial charge in [-0.2, -0.15) is 0 Å². The summed E-state index contributed by atoms with van der Waals surface area (Å²) in [5.41, 5.74) is 2.83. The fourth-order valence-electron chi connectivity index (χ4n) is 2.09. The van der Waals surface area contributed by atoms with Gasteiger partial charge in [-0.25, -0.2) is 8.78 Å². The van der Waals surface area contributed by atoms with Crippen molar-refractivity contribution in [2.75, 3.05) is 0 Å². The highest BCUT2D eigenvalue weighted by Crippen LogP contribution is 2.27. The van der Waals surface area contributed by atoms with E-state index in [0.29, 0.717) is 11.3 Å². The number of rotatable bonds is 1. The van der Waals surface area contributed by atoms with Crippen LogP contribution < -0.4 is 0 Å². The maximum Gasteiger partial charge on any atom is 0.132 e. The number of aryl methyl sites for hydroxylation is 1. The van der Waals surface area contributed by atoms with E-state index in [-0.39, 0.29) is 11.6 Å². The molecule has 1 aromatic heterocycles. The summed E-state index contributed by atoms with van der Waals surface area (Å²) in [7, 11) is 0. The maximum atomic E-state index is 13.8. The van der Waals surface area contributed by atoms with Gasteiger partial charge in [0.25, 0.3) is 0 Å². The highest BCUT2D eigenvalue weighted by atomic mass is 19.1. The van der Waals surface area contributed by atoms with Crippen molar-refractivity contribution >= 4 is 10.9 Å². The first kappa shape index (κ1) is 11.0. The first-order valence-electron chi connectivity index (χ1n) is 5.68. The van der Waals surface area contributed by atoms with Crippen LogP contribution in [-0.4, -0.2) is 4.98 Å². The molecule has 3 heteroatoms. The average molecular weight is 243 g/mol. The predicted octanol–water partition coefficient (Wildman–Crippen LogP) is 4.42. The quantitative estimate of drug-likeness (QED) is 0.651. The van der Waals surface area contributed by atoms with E-state index in [9.17, 15) is 8.78 Å². The van der Waals surface area contributed by atoms with Crippen molar-refractivity contribution in [2.24, 2.45) is 0 Å².